The first-order chi connectivity index (χ1) is 14.2. The van der Waals surface area contributed by atoms with Crippen LogP contribution in [0.4, 0.5) is 4.39 Å². The summed E-state index contributed by atoms with van der Waals surface area (Å²) in [6.45, 7) is 1.23. The highest BCUT2D eigenvalue weighted by atomic mass is 19.1. The Morgan fingerprint density at radius 3 is 2.83 bits per heavy atom. The van der Waals surface area contributed by atoms with Crippen LogP contribution in [0.3, 0.4) is 0 Å². The van der Waals surface area contributed by atoms with Gasteiger partial charge in [-0.25, -0.2) is 4.39 Å². The van der Waals surface area contributed by atoms with Gasteiger partial charge >= 0.3 is 0 Å². The predicted octanol–water partition coefficient (Wildman–Crippen LogP) is 4.38. The third kappa shape index (κ3) is 3.29. The summed E-state index contributed by atoms with van der Waals surface area (Å²) in [4.78, 5) is 18.1. The van der Waals surface area contributed by atoms with E-state index in [1.807, 2.05) is 29.2 Å². The average Bonchev–Trinajstić information content (AvgIpc) is 3.42. The summed E-state index contributed by atoms with van der Waals surface area (Å²) in [5.74, 6) is 0.554. The molecule has 29 heavy (non-hydrogen) atoms. The van der Waals surface area contributed by atoms with Crippen LogP contribution in [-0.2, 0) is 0 Å². The third-order valence-corrected chi connectivity index (χ3v) is 5.41. The molecule has 0 spiro atoms. The summed E-state index contributed by atoms with van der Waals surface area (Å²) in [5, 5.41) is 9.22. The van der Waals surface area contributed by atoms with E-state index in [1.54, 1.807) is 18.3 Å². The fourth-order valence-electron chi connectivity index (χ4n) is 3.89. The van der Waals surface area contributed by atoms with Crippen LogP contribution in [0.25, 0.3) is 22.4 Å². The normalized spacial score (nSPS) is 17.0. The average molecular weight is 390 g/mol. The van der Waals surface area contributed by atoms with Gasteiger partial charge in [0.2, 0.25) is 11.8 Å². The molecule has 5 rings (SSSR count). The van der Waals surface area contributed by atoms with E-state index in [-0.39, 0.29) is 17.6 Å². The Hall–Kier alpha value is -3.48. The van der Waals surface area contributed by atoms with Crippen LogP contribution < -0.4 is 0 Å². The molecule has 0 saturated carbocycles. The molecule has 0 aliphatic carbocycles. The lowest BCUT2D eigenvalue weighted by Crippen LogP contribution is -2.39. The van der Waals surface area contributed by atoms with Crippen molar-refractivity contribution in [2.24, 2.45) is 0 Å². The number of amides is 1. The van der Waals surface area contributed by atoms with E-state index < -0.39 is 0 Å². The summed E-state index contributed by atoms with van der Waals surface area (Å²) >= 11 is 0. The minimum absolute atomic E-state index is 0.00502. The fourth-order valence-corrected chi connectivity index (χ4v) is 3.89. The van der Waals surface area contributed by atoms with Gasteiger partial charge in [0.15, 0.2) is 0 Å². The molecule has 2 aromatic heterocycles. The van der Waals surface area contributed by atoms with Crippen LogP contribution in [0.2, 0.25) is 0 Å². The molecule has 0 bridgehead atoms. The van der Waals surface area contributed by atoms with Crippen LogP contribution in [0.5, 0.6) is 0 Å². The number of likely N-dealkylation sites (tertiary alicyclic amines) is 1. The number of rotatable bonds is 3. The van der Waals surface area contributed by atoms with E-state index in [0.29, 0.717) is 36.0 Å². The molecule has 6 nitrogen and oxygen atoms in total. The standard InChI is InChI=1S/C22H19FN4O2/c23-16-9-7-14(8-10-16)20-25-26-21(29-20)15-4-3-11-27(13-15)22(28)18-12-24-19-6-2-1-5-17(18)19/h1-2,5-10,12,15,24H,3-4,11,13H2. The molecule has 7 heteroatoms. The van der Waals surface area contributed by atoms with Gasteiger partial charge in [0.05, 0.1) is 11.5 Å². The number of carbonyl (C=O) groups excluding carboxylic acids is 1. The van der Waals surface area contributed by atoms with E-state index in [0.717, 1.165) is 23.7 Å². The van der Waals surface area contributed by atoms with E-state index >= 15 is 0 Å². The third-order valence-electron chi connectivity index (χ3n) is 5.41. The van der Waals surface area contributed by atoms with E-state index in [4.69, 9.17) is 4.42 Å². The molecular formula is C22H19FN4O2. The van der Waals surface area contributed by atoms with Crippen molar-refractivity contribution < 1.29 is 13.6 Å². The molecule has 1 saturated heterocycles. The number of carbonyl (C=O) groups is 1. The first-order valence-electron chi connectivity index (χ1n) is 9.64. The van der Waals surface area contributed by atoms with Gasteiger partial charge in [-0.15, -0.1) is 10.2 Å². The summed E-state index contributed by atoms with van der Waals surface area (Å²) in [7, 11) is 0. The number of halogens is 1. The van der Waals surface area contributed by atoms with E-state index in [9.17, 15) is 9.18 Å². The van der Waals surface area contributed by atoms with Gasteiger partial charge < -0.3 is 14.3 Å². The Kier molecular flexibility index (Phi) is 4.35. The summed E-state index contributed by atoms with van der Waals surface area (Å²) in [6.07, 6.45) is 3.52. The van der Waals surface area contributed by atoms with Gasteiger partial charge in [0, 0.05) is 35.8 Å². The number of para-hydroxylation sites is 1. The van der Waals surface area contributed by atoms with Gasteiger partial charge in [0.25, 0.3) is 5.91 Å². The van der Waals surface area contributed by atoms with Crippen LogP contribution >= 0.6 is 0 Å². The zero-order chi connectivity index (χ0) is 19.8. The molecule has 1 unspecified atom stereocenters. The molecule has 146 valence electrons. The SMILES string of the molecule is O=C(c1c[nH]c2ccccc12)N1CCCC(c2nnc(-c3ccc(F)cc3)o2)C1. The Balaban J connectivity index is 1.36. The monoisotopic (exact) mass is 390 g/mol. The fraction of sp³-hybridized carbons (Fsp3) is 0.227. The number of hydrogen-bond acceptors (Lipinski definition) is 4. The topological polar surface area (TPSA) is 75.0 Å². The van der Waals surface area contributed by atoms with Crippen molar-refractivity contribution in [1.29, 1.82) is 0 Å². The van der Waals surface area contributed by atoms with E-state index in [2.05, 4.69) is 15.2 Å². The van der Waals surface area contributed by atoms with Gasteiger partial charge in [-0.1, -0.05) is 18.2 Å². The number of piperidine rings is 1. The molecule has 1 atom stereocenters. The van der Waals surface area contributed by atoms with Crippen LogP contribution in [0.1, 0.15) is 35.0 Å². The molecule has 1 aliphatic heterocycles. The van der Waals surface area contributed by atoms with Crippen molar-refractivity contribution in [3.63, 3.8) is 0 Å². The predicted molar refractivity (Wildman–Crippen MR) is 106 cm³/mol. The van der Waals surface area contributed by atoms with Gasteiger partial charge in [-0.05, 0) is 43.2 Å². The maximum Gasteiger partial charge on any atom is 0.256 e. The van der Waals surface area contributed by atoms with Gasteiger partial charge in [0.1, 0.15) is 5.82 Å². The second-order valence-electron chi connectivity index (χ2n) is 7.29. The maximum absolute atomic E-state index is 13.1. The van der Waals surface area contributed by atoms with Crippen LogP contribution in [-0.4, -0.2) is 39.1 Å². The lowest BCUT2D eigenvalue weighted by molar-refractivity contribution is 0.0700. The quantitative estimate of drug-likeness (QED) is 0.563. The Bertz CT molecular complexity index is 1170. The summed E-state index contributed by atoms with van der Waals surface area (Å²) in [5.41, 5.74) is 2.30. The highest BCUT2D eigenvalue weighted by molar-refractivity contribution is 6.06. The Labute approximate surface area is 166 Å². The molecule has 2 aromatic carbocycles. The first kappa shape index (κ1) is 17.6. The second-order valence-corrected chi connectivity index (χ2v) is 7.29. The van der Waals surface area contributed by atoms with Crippen molar-refractivity contribution in [1.82, 2.24) is 20.1 Å². The number of nitrogens with one attached hydrogen (secondary N) is 1. The highest BCUT2D eigenvalue weighted by Gasteiger charge is 2.30. The van der Waals surface area contributed by atoms with Crippen molar-refractivity contribution >= 4 is 16.8 Å². The second kappa shape index (κ2) is 7.16. The number of aromatic amines is 1. The first-order valence-corrected chi connectivity index (χ1v) is 9.64. The number of hydrogen-bond donors (Lipinski definition) is 1. The molecule has 1 amide bonds. The lowest BCUT2D eigenvalue weighted by atomic mass is 9.97. The van der Waals surface area contributed by atoms with Crippen molar-refractivity contribution in [2.75, 3.05) is 13.1 Å². The van der Waals surface area contributed by atoms with Crippen molar-refractivity contribution in [2.45, 2.75) is 18.8 Å². The molecule has 1 aliphatic rings. The number of nitrogens with zero attached hydrogens (tertiary/aromatic N) is 3. The van der Waals surface area contributed by atoms with E-state index in [1.165, 1.54) is 12.1 Å². The molecular weight excluding hydrogens is 371 g/mol. The van der Waals surface area contributed by atoms with Crippen molar-refractivity contribution in [3.05, 3.63) is 72.0 Å². The minimum Gasteiger partial charge on any atom is -0.420 e. The number of aromatic nitrogens is 3. The highest BCUT2D eigenvalue weighted by Crippen LogP contribution is 2.30. The Morgan fingerprint density at radius 2 is 1.97 bits per heavy atom. The minimum atomic E-state index is -0.313. The molecule has 0 radical (unpaired) electrons. The number of fused-ring (bicyclic) bond motifs is 1. The van der Waals surface area contributed by atoms with Crippen LogP contribution in [0, 0.1) is 5.82 Å². The lowest BCUT2D eigenvalue weighted by Gasteiger charge is -2.31. The summed E-state index contributed by atoms with van der Waals surface area (Å²) < 4.78 is 19.0. The smallest absolute Gasteiger partial charge is 0.256 e. The zero-order valence-corrected chi connectivity index (χ0v) is 15.6. The Morgan fingerprint density at radius 1 is 1.14 bits per heavy atom. The molecule has 1 fully saturated rings. The van der Waals surface area contributed by atoms with Crippen LogP contribution in [0.15, 0.2) is 59.1 Å². The van der Waals surface area contributed by atoms with Gasteiger partial charge in [-0.3, -0.25) is 4.79 Å². The molecule has 1 N–H and O–H groups in total. The maximum atomic E-state index is 13.1. The molecule has 3 heterocycles. The number of benzene rings is 2. The zero-order valence-electron chi connectivity index (χ0n) is 15.6. The van der Waals surface area contributed by atoms with Crippen molar-refractivity contribution in [3.8, 4) is 11.5 Å². The summed E-state index contributed by atoms with van der Waals surface area (Å²) in [6, 6.07) is 13.7. The number of H-pyrrole nitrogens is 1. The largest absolute Gasteiger partial charge is 0.420 e. The van der Waals surface area contributed by atoms with Gasteiger partial charge in [-0.2, -0.15) is 0 Å². The molecule has 4 aromatic rings.